The maximum absolute atomic E-state index is 3.62. The first-order valence-corrected chi connectivity index (χ1v) is 8.26. The highest BCUT2D eigenvalue weighted by molar-refractivity contribution is 4.91. The van der Waals surface area contributed by atoms with E-state index in [0.717, 1.165) is 19.0 Å². The van der Waals surface area contributed by atoms with Crippen LogP contribution in [0.1, 0.15) is 52.4 Å². The van der Waals surface area contributed by atoms with Crippen molar-refractivity contribution in [1.29, 1.82) is 0 Å². The second-order valence-corrected chi connectivity index (χ2v) is 7.05. The van der Waals surface area contributed by atoms with E-state index in [1.165, 1.54) is 51.6 Å². The zero-order valence-corrected chi connectivity index (χ0v) is 13.2. The molecule has 0 spiro atoms. The molecule has 0 aromatic rings. The lowest BCUT2D eigenvalue weighted by Gasteiger charge is -2.44. The van der Waals surface area contributed by atoms with Gasteiger partial charge in [0.05, 0.1) is 0 Å². The number of piperazine rings is 1. The summed E-state index contributed by atoms with van der Waals surface area (Å²) in [7, 11) is 2.16. The Bertz CT molecular complexity index is 253. The van der Waals surface area contributed by atoms with Crippen molar-refractivity contribution < 1.29 is 0 Å². The Balaban J connectivity index is 1.91. The molecular formula is C16H33N3. The van der Waals surface area contributed by atoms with Gasteiger partial charge in [-0.2, -0.15) is 0 Å². The molecule has 0 bridgehead atoms. The van der Waals surface area contributed by atoms with Crippen LogP contribution in [0.4, 0.5) is 0 Å². The highest BCUT2D eigenvalue weighted by atomic mass is 15.2. The van der Waals surface area contributed by atoms with Crippen LogP contribution < -0.4 is 10.6 Å². The van der Waals surface area contributed by atoms with Crippen LogP contribution in [0.5, 0.6) is 0 Å². The summed E-state index contributed by atoms with van der Waals surface area (Å²) in [5.41, 5.74) is 0.327. The largest absolute Gasteiger partial charge is 0.317 e. The zero-order valence-electron chi connectivity index (χ0n) is 13.2. The predicted octanol–water partition coefficient (Wildman–Crippen LogP) is 2.23. The normalized spacial score (nSPS) is 25.4. The van der Waals surface area contributed by atoms with Crippen LogP contribution in [-0.2, 0) is 0 Å². The van der Waals surface area contributed by atoms with E-state index in [9.17, 15) is 0 Å². The SMILES string of the molecule is CNC(CC(C)(C)N1CCNCC1)C1CCCCC1. The lowest BCUT2D eigenvalue weighted by atomic mass is 9.78. The maximum Gasteiger partial charge on any atom is 0.0169 e. The van der Waals surface area contributed by atoms with Gasteiger partial charge in [0.15, 0.2) is 0 Å². The predicted molar refractivity (Wildman–Crippen MR) is 82.6 cm³/mol. The topological polar surface area (TPSA) is 27.3 Å². The Labute approximate surface area is 119 Å². The van der Waals surface area contributed by atoms with Gasteiger partial charge in [-0.15, -0.1) is 0 Å². The molecule has 0 amide bonds. The fraction of sp³-hybridized carbons (Fsp3) is 1.00. The first-order chi connectivity index (χ1) is 9.13. The molecule has 1 saturated heterocycles. The summed E-state index contributed by atoms with van der Waals surface area (Å²) in [5, 5.41) is 7.08. The second-order valence-electron chi connectivity index (χ2n) is 7.05. The minimum atomic E-state index is 0.327. The molecule has 2 rings (SSSR count). The third kappa shape index (κ3) is 4.17. The van der Waals surface area contributed by atoms with Gasteiger partial charge in [0, 0.05) is 37.8 Å². The van der Waals surface area contributed by atoms with Gasteiger partial charge in [0.2, 0.25) is 0 Å². The van der Waals surface area contributed by atoms with Crippen molar-refractivity contribution in [1.82, 2.24) is 15.5 Å². The molecule has 1 saturated carbocycles. The molecule has 0 aromatic carbocycles. The van der Waals surface area contributed by atoms with E-state index in [2.05, 4.69) is 36.4 Å². The summed E-state index contributed by atoms with van der Waals surface area (Å²) < 4.78 is 0. The van der Waals surface area contributed by atoms with Gasteiger partial charge in [-0.1, -0.05) is 19.3 Å². The van der Waals surface area contributed by atoms with E-state index in [4.69, 9.17) is 0 Å². The van der Waals surface area contributed by atoms with E-state index in [0.29, 0.717) is 11.6 Å². The van der Waals surface area contributed by atoms with Crippen LogP contribution in [0.2, 0.25) is 0 Å². The van der Waals surface area contributed by atoms with Gasteiger partial charge in [0.25, 0.3) is 0 Å². The summed E-state index contributed by atoms with van der Waals surface area (Å²) >= 11 is 0. The summed E-state index contributed by atoms with van der Waals surface area (Å²) in [5.74, 6) is 0.904. The third-order valence-corrected chi connectivity index (χ3v) is 5.28. The van der Waals surface area contributed by atoms with Crippen molar-refractivity contribution in [2.45, 2.75) is 64.0 Å². The van der Waals surface area contributed by atoms with E-state index in [1.54, 1.807) is 0 Å². The number of rotatable bonds is 5. The molecular weight excluding hydrogens is 234 g/mol. The summed E-state index contributed by atoms with van der Waals surface area (Å²) in [6, 6.07) is 0.699. The average molecular weight is 267 g/mol. The molecule has 2 N–H and O–H groups in total. The molecule has 0 aromatic heterocycles. The third-order valence-electron chi connectivity index (χ3n) is 5.28. The summed E-state index contributed by atoms with van der Waals surface area (Å²) in [6.45, 7) is 9.58. The quantitative estimate of drug-likeness (QED) is 0.800. The Morgan fingerprint density at radius 3 is 2.37 bits per heavy atom. The highest BCUT2D eigenvalue weighted by Gasteiger charge is 2.33. The van der Waals surface area contributed by atoms with Gasteiger partial charge in [0.1, 0.15) is 0 Å². The van der Waals surface area contributed by atoms with Gasteiger partial charge >= 0.3 is 0 Å². The van der Waals surface area contributed by atoms with Crippen LogP contribution >= 0.6 is 0 Å². The molecule has 2 aliphatic rings. The van der Waals surface area contributed by atoms with Crippen molar-refractivity contribution in [3.8, 4) is 0 Å². The van der Waals surface area contributed by atoms with Crippen molar-refractivity contribution >= 4 is 0 Å². The van der Waals surface area contributed by atoms with Crippen LogP contribution in [0.25, 0.3) is 0 Å². The fourth-order valence-corrected chi connectivity index (χ4v) is 3.98. The number of nitrogens with one attached hydrogen (secondary N) is 2. The fourth-order valence-electron chi connectivity index (χ4n) is 3.98. The molecule has 1 atom stereocenters. The minimum absolute atomic E-state index is 0.327. The first-order valence-electron chi connectivity index (χ1n) is 8.26. The Kier molecular flexibility index (Phi) is 5.67. The minimum Gasteiger partial charge on any atom is -0.317 e. The molecule has 112 valence electrons. The lowest BCUT2D eigenvalue weighted by molar-refractivity contribution is 0.0745. The number of nitrogens with zero attached hydrogens (tertiary/aromatic N) is 1. The van der Waals surface area contributed by atoms with Crippen LogP contribution in [-0.4, -0.2) is 49.7 Å². The molecule has 2 fully saturated rings. The molecule has 1 aliphatic heterocycles. The van der Waals surface area contributed by atoms with E-state index < -0.39 is 0 Å². The highest BCUT2D eigenvalue weighted by Crippen LogP contribution is 2.31. The van der Waals surface area contributed by atoms with Gasteiger partial charge in [-0.3, -0.25) is 4.90 Å². The van der Waals surface area contributed by atoms with E-state index in [-0.39, 0.29) is 0 Å². The Hall–Kier alpha value is -0.120. The first kappa shape index (κ1) is 15.3. The Morgan fingerprint density at radius 2 is 1.79 bits per heavy atom. The van der Waals surface area contributed by atoms with Gasteiger partial charge in [-0.05, 0) is 46.1 Å². The van der Waals surface area contributed by atoms with Crippen LogP contribution in [0.3, 0.4) is 0 Å². The monoisotopic (exact) mass is 267 g/mol. The van der Waals surface area contributed by atoms with Crippen molar-refractivity contribution in [3.05, 3.63) is 0 Å². The molecule has 1 unspecified atom stereocenters. The van der Waals surface area contributed by atoms with Gasteiger partial charge < -0.3 is 10.6 Å². The Morgan fingerprint density at radius 1 is 1.16 bits per heavy atom. The lowest BCUT2D eigenvalue weighted by Crippen LogP contribution is -2.56. The maximum atomic E-state index is 3.62. The number of hydrogen-bond donors (Lipinski definition) is 2. The average Bonchev–Trinajstić information content (AvgIpc) is 2.47. The smallest absolute Gasteiger partial charge is 0.0169 e. The second kappa shape index (κ2) is 7.05. The zero-order chi connectivity index (χ0) is 13.7. The van der Waals surface area contributed by atoms with E-state index in [1.807, 2.05) is 0 Å². The standard InChI is InChI=1S/C16H33N3/c1-16(2,19-11-9-18-10-12-19)13-15(17-3)14-7-5-4-6-8-14/h14-15,17-18H,4-13H2,1-3H3. The van der Waals surface area contributed by atoms with Crippen LogP contribution in [0.15, 0.2) is 0 Å². The number of hydrogen-bond acceptors (Lipinski definition) is 3. The van der Waals surface area contributed by atoms with Crippen molar-refractivity contribution in [3.63, 3.8) is 0 Å². The molecule has 1 aliphatic carbocycles. The van der Waals surface area contributed by atoms with Crippen molar-refractivity contribution in [2.24, 2.45) is 5.92 Å². The molecule has 3 nitrogen and oxygen atoms in total. The van der Waals surface area contributed by atoms with Gasteiger partial charge in [-0.25, -0.2) is 0 Å². The molecule has 19 heavy (non-hydrogen) atoms. The summed E-state index contributed by atoms with van der Waals surface area (Å²) in [6.07, 6.45) is 8.49. The molecule has 3 heteroatoms. The van der Waals surface area contributed by atoms with E-state index >= 15 is 0 Å². The molecule has 1 heterocycles. The van der Waals surface area contributed by atoms with Crippen LogP contribution in [0, 0.1) is 5.92 Å². The molecule has 0 radical (unpaired) electrons. The van der Waals surface area contributed by atoms with Crippen molar-refractivity contribution in [2.75, 3.05) is 33.2 Å². The summed E-state index contributed by atoms with van der Waals surface area (Å²) in [4.78, 5) is 2.68.